The lowest BCUT2D eigenvalue weighted by Crippen LogP contribution is -2.15. The number of nitrogens with one attached hydrogen (secondary N) is 1. The first kappa shape index (κ1) is 15.5. The summed E-state index contributed by atoms with van der Waals surface area (Å²) in [6.07, 6.45) is 0. The first-order valence-electron chi connectivity index (χ1n) is 5.62. The van der Waals surface area contributed by atoms with Crippen molar-refractivity contribution in [2.24, 2.45) is 0 Å². The number of hydrogen-bond acceptors (Lipinski definition) is 5. The third kappa shape index (κ3) is 3.61. The Morgan fingerprint density at radius 2 is 1.90 bits per heavy atom. The Kier molecular flexibility index (Phi) is 4.32. The molecule has 2 rings (SSSR count). The first-order chi connectivity index (χ1) is 9.79. The maximum Gasteiger partial charge on any atom is 0.291 e. The normalized spacial score (nSPS) is 11.1. The number of nitro groups is 1. The van der Waals surface area contributed by atoms with Gasteiger partial charge in [0.1, 0.15) is 0 Å². The van der Waals surface area contributed by atoms with Gasteiger partial charge in [-0.05, 0) is 52.9 Å². The molecular formula is C12H10IN3O4S. The van der Waals surface area contributed by atoms with Crippen LogP contribution >= 0.6 is 22.6 Å². The Hall–Kier alpha value is -1.88. The van der Waals surface area contributed by atoms with E-state index in [1.807, 2.05) is 22.6 Å². The van der Waals surface area contributed by atoms with E-state index in [4.69, 9.17) is 5.73 Å². The molecule has 0 atom stereocenters. The summed E-state index contributed by atoms with van der Waals surface area (Å²) in [4.78, 5) is 9.78. The van der Waals surface area contributed by atoms with Gasteiger partial charge in [-0.2, -0.15) is 0 Å². The van der Waals surface area contributed by atoms with Gasteiger partial charge >= 0.3 is 0 Å². The van der Waals surface area contributed by atoms with Crippen LogP contribution in [-0.4, -0.2) is 13.3 Å². The second-order valence-corrected chi connectivity index (χ2v) is 7.00. The summed E-state index contributed by atoms with van der Waals surface area (Å²) < 4.78 is 27.7. The third-order valence-electron chi connectivity index (χ3n) is 2.55. The Balaban J connectivity index is 2.47. The lowest BCUT2D eigenvalue weighted by atomic mass is 10.3. The van der Waals surface area contributed by atoms with Crippen LogP contribution in [-0.2, 0) is 10.0 Å². The van der Waals surface area contributed by atoms with Gasteiger partial charge in [-0.1, -0.05) is 6.07 Å². The number of hydrogen-bond donors (Lipinski definition) is 2. The average Bonchev–Trinajstić information content (AvgIpc) is 2.37. The van der Waals surface area contributed by atoms with Crippen molar-refractivity contribution in [3.05, 3.63) is 56.1 Å². The zero-order valence-electron chi connectivity index (χ0n) is 10.5. The van der Waals surface area contributed by atoms with Crippen LogP contribution in [0.25, 0.3) is 0 Å². The quantitative estimate of drug-likeness (QED) is 0.342. The largest absolute Gasteiger partial charge is 0.399 e. The number of nitrogens with zero attached hydrogens (tertiary/aromatic N) is 1. The summed E-state index contributed by atoms with van der Waals surface area (Å²) in [5.74, 6) is 0. The van der Waals surface area contributed by atoms with Crippen molar-refractivity contribution in [3.63, 3.8) is 0 Å². The van der Waals surface area contributed by atoms with Crippen molar-refractivity contribution in [1.29, 1.82) is 0 Å². The van der Waals surface area contributed by atoms with Crippen molar-refractivity contribution < 1.29 is 13.3 Å². The average molecular weight is 419 g/mol. The summed E-state index contributed by atoms with van der Waals surface area (Å²) in [5, 5.41) is 11.0. The maximum absolute atomic E-state index is 12.3. The highest BCUT2D eigenvalue weighted by molar-refractivity contribution is 14.1. The zero-order valence-corrected chi connectivity index (χ0v) is 13.5. The molecule has 0 radical (unpaired) electrons. The second-order valence-electron chi connectivity index (χ2n) is 4.10. The lowest BCUT2D eigenvalue weighted by Gasteiger charge is -2.09. The van der Waals surface area contributed by atoms with Crippen LogP contribution in [0.5, 0.6) is 0 Å². The molecule has 21 heavy (non-hydrogen) atoms. The van der Waals surface area contributed by atoms with Crippen molar-refractivity contribution in [1.82, 2.24) is 0 Å². The molecule has 0 heterocycles. The van der Waals surface area contributed by atoms with Crippen molar-refractivity contribution in [3.8, 4) is 0 Å². The van der Waals surface area contributed by atoms with Gasteiger partial charge in [0.15, 0.2) is 4.90 Å². The molecule has 0 saturated heterocycles. The van der Waals surface area contributed by atoms with Crippen LogP contribution in [0.3, 0.4) is 0 Å². The van der Waals surface area contributed by atoms with Crippen LogP contribution in [0, 0.1) is 13.7 Å². The minimum Gasteiger partial charge on any atom is -0.399 e. The molecule has 9 heteroatoms. The van der Waals surface area contributed by atoms with E-state index in [-0.39, 0.29) is 5.69 Å². The van der Waals surface area contributed by atoms with Crippen molar-refractivity contribution in [2.45, 2.75) is 4.90 Å². The predicted molar refractivity (Wildman–Crippen MR) is 87.5 cm³/mol. The number of halogens is 1. The van der Waals surface area contributed by atoms with Crippen LogP contribution in [0.1, 0.15) is 0 Å². The van der Waals surface area contributed by atoms with Gasteiger partial charge < -0.3 is 5.73 Å². The fraction of sp³-hybridized carbons (Fsp3) is 0. The number of nitrogen functional groups attached to an aromatic ring is 1. The molecule has 7 nitrogen and oxygen atoms in total. The summed E-state index contributed by atoms with van der Waals surface area (Å²) >= 11 is 2.03. The minimum atomic E-state index is -4.07. The molecule has 0 bridgehead atoms. The number of anilines is 2. The van der Waals surface area contributed by atoms with Crippen molar-refractivity contribution >= 4 is 49.7 Å². The highest BCUT2D eigenvalue weighted by atomic mass is 127. The number of nitro benzene ring substituents is 1. The van der Waals surface area contributed by atoms with Gasteiger partial charge in [0.25, 0.3) is 15.7 Å². The SMILES string of the molecule is Nc1ccc(S(=O)(=O)Nc2cccc(I)c2)c([N+](=O)[O-])c1. The highest BCUT2D eigenvalue weighted by Crippen LogP contribution is 2.28. The van der Waals surface area contributed by atoms with Gasteiger partial charge in [-0.15, -0.1) is 0 Å². The molecule has 0 aliphatic rings. The second kappa shape index (κ2) is 5.85. The number of nitrogens with two attached hydrogens (primary N) is 1. The monoisotopic (exact) mass is 419 g/mol. The molecule has 110 valence electrons. The molecule has 0 aliphatic heterocycles. The Morgan fingerprint density at radius 3 is 2.52 bits per heavy atom. The summed E-state index contributed by atoms with van der Waals surface area (Å²) in [5.41, 5.74) is 5.35. The maximum atomic E-state index is 12.3. The van der Waals surface area contributed by atoms with E-state index in [0.717, 1.165) is 15.7 Å². The molecule has 0 spiro atoms. The number of benzene rings is 2. The van der Waals surface area contributed by atoms with Crippen LogP contribution in [0.15, 0.2) is 47.4 Å². The van der Waals surface area contributed by atoms with E-state index in [1.54, 1.807) is 24.3 Å². The fourth-order valence-corrected chi connectivity index (χ4v) is 3.41. The number of rotatable bonds is 4. The molecule has 3 N–H and O–H groups in total. The molecule has 2 aromatic carbocycles. The third-order valence-corrected chi connectivity index (χ3v) is 4.65. The Labute approximate surface area is 134 Å². The van der Waals surface area contributed by atoms with Crippen LogP contribution in [0.4, 0.5) is 17.1 Å². The Bertz CT molecular complexity index is 808. The molecule has 0 aliphatic carbocycles. The molecule has 0 fully saturated rings. The smallest absolute Gasteiger partial charge is 0.291 e. The standard InChI is InChI=1S/C12H10IN3O4S/c13-8-2-1-3-10(6-8)15-21(19,20)12-5-4-9(14)7-11(12)16(17)18/h1-7,15H,14H2. The van der Waals surface area contributed by atoms with E-state index >= 15 is 0 Å². The lowest BCUT2D eigenvalue weighted by molar-refractivity contribution is -0.387. The van der Waals surface area contributed by atoms with E-state index in [0.29, 0.717) is 5.69 Å². The Morgan fingerprint density at radius 1 is 1.19 bits per heavy atom. The summed E-state index contributed by atoms with van der Waals surface area (Å²) in [7, 11) is -4.07. The van der Waals surface area contributed by atoms with Crippen molar-refractivity contribution in [2.75, 3.05) is 10.5 Å². The topological polar surface area (TPSA) is 115 Å². The van der Waals surface area contributed by atoms with Gasteiger partial charge in [0, 0.05) is 21.0 Å². The van der Waals surface area contributed by atoms with Crippen LogP contribution in [0.2, 0.25) is 0 Å². The first-order valence-corrected chi connectivity index (χ1v) is 8.18. The molecule has 0 aromatic heterocycles. The van der Waals surface area contributed by atoms with E-state index in [1.165, 1.54) is 6.07 Å². The van der Waals surface area contributed by atoms with E-state index in [2.05, 4.69) is 4.72 Å². The summed E-state index contributed by atoms with van der Waals surface area (Å²) in [6, 6.07) is 10.1. The van der Waals surface area contributed by atoms with E-state index < -0.39 is 25.5 Å². The van der Waals surface area contributed by atoms with Gasteiger partial charge in [-0.25, -0.2) is 8.42 Å². The van der Waals surface area contributed by atoms with Crippen LogP contribution < -0.4 is 10.5 Å². The highest BCUT2D eigenvalue weighted by Gasteiger charge is 2.26. The molecule has 0 amide bonds. The molecule has 2 aromatic rings. The zero-order chi connectivity index (χ0) is 15.6. The summed E-state index contributed by atoms with van der Waals surface area (Å²) in [6.45, 7) is 0. The fourth-order valence-electron chi connectivity index (χ4n) is 1.67. The van der Waals surface area contributed by atoms with Gasteiger partial charge in [-0.3, -0.25) is 14.8 Å². The van der Waals surface area contributed by atoms with Gasteiger partial charge in [0.2, 0.25) is 0 Å². The minimum absolute atomic E-state index is 0.120. The number of sulfonamides is 1. The molecular weight excluding hydrogens is 409 g/mol. The van der Waals surface area contributed by atoms with Gasteiger partial charge in [0.05, 0.1) is 4.92 Å². The predicted octanol–water partition coefficient (Wildman–Crippen LogP) is 2.58. The van der Waals surface area contributed by atoms with E-state index in [9.17, 15) is 18.5 Å². The molecule has 0 unspecified atom stereocenters. The molecule has 0 saturated carbocycles.